The average Bonchev–Trinajstić information content (AvgIpc) is 3.28. The fraction of sp³-hybridized carbons (Fsp3) is 0.172. The minimum Gasteiger partial charge on any atom is -0.366 e. The maximum absolute atomic E-state index is 12.8. The molecule has 0 bridgehead atoms. The van der Waals surface area contributed by atoms with Gasteiger partial charge in [-0.15, -0.1) is 0 Å². The van der Waals surface area contributed by atoms with Crippen molar-refractivity contribution in [2.75, 3.05) is 28.2 Å². The summed E-state index contributed by atoms with van der Waals surface area (Å²) in [5, 5.41) is 11.9. The van der Waals surface area contributed by atoms with Crippen LogP contribution in [0.3, 0.4) is 0 Å². The van der Waals surface area contributed by atoms with Gasteiger partial charge in [-0.25, -0.2) is 4.98 Å². The predicted molar refractivity (Wildman–Crippen MR) is 151 cm³/mol. The van der Waals surface area contributed by atoms with Gasteiger partial charge in [0.1, 0.15) is 0 Å². The summed E-state index contributed by atoms with van der Waals surface area (Å²) in [4.78, 5) is 32.9. The van der Waals surface area contributed by atoms with Gasteiger partial charge in [0.15, 0.2) is 5.82 Å². The highest BCUT2D eigenvalue weighted by Gasteiger charge is 2.29. The van der Waals surface area contributed by atoms with E-state index in [1.54, 1.807) is 37.5 Å². The van der Waals surface area contributed by atoms with E-state index in [-0.39, 0.29) is 11.4 Å². The zero-order chi connectivity index (χ0) is 27.0. The van der Waals surface area contributed by atoms with Crippen LogP contribution >= 0.6 is 0 Å². The molecule has 0 radical (unpaired) electrons. The quantitative estimate of drug-likeness (QED) is 0.360. The fourth-order valence-electron chi connectivity index (χ4n) is 4.63. The third kappa shape index (κ3) is 4.61. The Morgan fingerprint density at radius 2 is 1.66 bits per heavy atom. The van der Waals surface area contributed by atoms with Crippen molar-refractivity contribution in [3.63, 3.8) is 0 Å². The van der Waals surface area contributed by atoms with Crippen LogP contribution in [0.2, 0.25) is 0 Å². The lowest BCUT2D eigenvalue weighted by Crippen LogP contribution is -2.33. The molecule has 38 heavy (non-hydrogen) atoms. The number of carbonyl (C=O) groups excluding carboxylic acids is 1. The molecule has 1 aliphatic rings. The molecule has 5 rings (SSSR count). The molecule has 192 valence electrons. The number of guanidine groups is 1. The first-order valence-electron chi connectivity index (χ1n) is 12.3. The molecule has 0 saturated carbocycles. The molecule has 9 heteroatoms. The summed E-state index contributed by atoms with van der Waals surface area (Å²) in [6, 6.07) is 20.7. The SMILES string of the molecule is Cc1ccc(N2CCN(c3cccc(-c4cn(C)c(=O)c(Nc5ccc(C(N)=O)cc5)n4)c3C)C2=N)cc1. The molecule has 3 aromatic carbocycles. The molecule has 0 unspecified atom stereocenters. The van der Waals surface area contributed by atoms with Crippen molar-refractivity contribution in [1.82, 2.24) is 9.55 Å². The van der Waals surface area contributed by atoms with Gasteiger partial charge in [0.2, 0.25) is 11.9 Å². The number of aromatic nitrogens is 2. The summed E-state index contributed by atoms with van der Waals surface area (Å²) in [5.41, 5.74) is 11.6. The molecule has 1 aliphatic heterocycles. The highest BCUT2D eigenvalue weighted by atomic mass is 16.1. The molecule has 0 spiro atoms. The number of rotatable bonds is 6. The number of nitrogens with two attached hydrogens (primary N) is 1. The topological polar surface area (TPSA) is 120 Å². The molecule has 0 atom stereocenters. The van der Waals surface area contributed by atoms with Crippen LogP contribution < -0.4 is 26.4 Å². The summed E-state index contributed by atoms with van der Waals surface area (Å²) in [6.45, 7) is 5.46. The predicted octanol–water partition coefficient (Wildman–Crippen LogP) is 4.17. The molecule has 1 saturated heterocycles. The van der Waals surface area contributed by atoms with Crippen LogP contribution in [0.4, 0.5) is 22.9 Å². The lowest BCUT2D eigenvalue weighted by Gasteiger charge is -2.24. The first-order valence-corrected chi connectivity index (χ1v) is 12.3. The molecule has 1 aromatic heterocycles. The Kier molecular flexibility index (Phi) is 6.42. The minimum atomic E-state index is -0.518. The van der Waals surface area contributed by atoms with E-state index in [1.165, 1.54) is 10.1 Å². The number of anilines is 4. The third-order valence-electron chi connectivity index (χ3n) is 6.78. The zero-order valence-corrected chi connectivity index (χ0v) is 21.5. The van der Waals surface area contributed by atoms with Crippen LogP contribution in [0.15, 0.2) is 77.7 Å². The summed E-state index contributed by atoms with van der Waals surface area (Å²) in [7, 11) is 1.68. The summed E-state index contributed by atoms with van der Waals surface area (Å²) in [6.07, 6.45) is 1.71. The van der Waals surface area contributed by atoms with E-state index in [1.807, 2.05) is 54.0 Å². The number of nitrogens with one attached hydrogen (secondary N) is 2. The Bertz CT molecular complexity index is 1590. The van der Waals surface area contributed by atoms with E-state index in [0.717, 1.165) is 22.5 Å². The van der Waals surface area contributed by atoms with Crippen molar-refractivity contribution in [2.45, 2.75) is 13.8 Å². The van der Waals surface area contributed by atoms with Crippen LogP contribution in [-0.2, 0) is 7.05 Å². The van der Waals surface area contributed by atoms with Crippen molar-refractivity contribution < 1.29 is 4.79 Å². The van der Waals surface area contributed by atoms with Crippen molar-refractivity contribution >= 4 is 34.7 Å². The Morgan fingerprint density at radius 1 is 0.974 bits per heavy atom. The standard InChI is InChI=1S/C29H29N7O2/c1-18-7-13-22(14-8-18)35-15-16-36(29(35)31)25-6-4-5-23(19(25)2)24-17-34(3)28(38)27(33-24)32-21-11-9-20(10-12-21)26(30)37/h4-14,17,31H,15-16H2,1-3H3,(H2,30,37)(H,32,33). The van der Waals surface area contributed by atoms with Crippen LogP contribution in [-0.4, -0.2) is 34.5 Å². The second kappa shape index (κ2) is 9.85. The van der Waals surface area contributed by atoms with Gasteiger partial charge in [-0.05, 0) is 61.9 Å². The molecule has 4 aromatic rings. The van der Waals surface area contributed by atoms with Gasteiger partial charge in [0.05, 0.1) is 5.69 Å². The van der Waals surface area contributed by atoms with Gasteiger partial charge in [-0.1, -0.05) is 29.8 Å². The van der Waals surface area contributed by atoms with Crippen molar-refractivity contribution in [2.24, 2.45) is 12.8 Å². The normalized spacial score (nSPS) is 13.2. The van der Waals surface area contributed by atoms with Crippen molar-refractivity contribution in [3.05, 3.63) is 100.0 Å². The Hall–Kier alpha value is -4.92. The third-order valence-corrected chi connectivity index (χ3v) is 6.78. The van der Waals surface area contributed by atoms with Gasteiger partial charge < -0.3 is 25.4 Å². The lowest BCUT2D eigenvalue weighted by atomic mass is 10.0. The van der Waals surface area contributed by atoms with Gasteiger partial charge in [-0.3, -0.25) is 15.0 Å². The highest BCUT2D eigenvalue weighted by molar-refractivity contribution is 6.08. The van der Waals surface area contributed by atoms with Gasteiger partial charge in [0.25, 0.3) is 5.56 Å². The molecule has 9 nitrogen and oxygen atoms in total. The summed E-state index contributed by atoms with van der Waals surface area (Å²) < 4.78 is 1.49. The van der Waals surface area contributed by atoms with Crippen molar-refractivity contribution in [3.8, 4) is 11.3 Å². The smallest absolute Gasteiger partial charge is 0.293 e. The first kappa shape index (κ1) is 24.8. The van der Waals surface area contributed by atoms with Gasteiger partial charge in [-0.2, -0.15) is 0 Å². The van der Waals surface area contributed by atoms with Crippen LogP contribution in [0.5, 0.6) is 0 Å². The summed E-state index contributed by atoms with van der Waals surface area (Å²) >= 11 is 0. The lowest BCUT2D eigenvalue weighted by molar-refractivity contribution is 0.100. The van der Waals surface area contributed by atoms with E-state index < -0.39 is 5.91 Å². The second-order valence-electron chi connectivity index (χ2n) is 9.37. The van der Waals surface area contributed by atoms with E-state index in [4.69, 9.17) is 11.1 Å². The molecule has 4 N–H and O–H groups in total. The number of carbonyl (C=O) groups is 1. The maximum atomic E-state index is 12.8. The van der Waals surface area contributed by atoms with E-state index in [2.05, 4.69) is 22.4 Å². The largest absolute Gasteiger partial charge is 0.366 e. The fourth-order valence-corrected chi connectivity index (χ4v) is 4.63. The van der Waals surface area contributed by atoms with Crippen LogP contribution in [0, 0.1) is 19.3 Å². The first-order chi connectivity index (χ1) is 18.2. The highest BCUT2D eigenvalue weighted by Crippen LogP contribution is 2.33. The number of amides is 1. The number of aryl methyl sites for hydroxylation is 2. The molecule has 1 amide bonds. The number of nitrogens with zero attached hydrogens (tertiary/aromatic N) is 4. The minimum absolute atomic E-state index is 0.168. The Balaban J connectivity index is 1.46. The second-order valence-corrected chi connectivity index (χ2v) is 9.37. The Morgan fingerprint density at radius 3 is 2.34 bits per heavy atom. The van der Waals surface area contributed by atoms with Crippen LogP contribution in [0.1, 0.15) is 21.5 Å². The van der Waals surface area contributed by atoms with Crippen LogP contribution in [0.25, 0.3) is 11.3 Å². The maximum Gasteiger partial charge on any atom is 0.293 e. The monoisotopic (exact) mass is 507 g/mol. The number of primary amides is 1. The van der Waals surface area contributed by atoms with Gasteiger partial charge >= 0.3 is 0 Å². The molecular formula is C29H29N7O2. The van der Waals surface area contributed by atoms with E-state index in [9.17, 15) is 9.59 Å². The zero-order valence-electron chi connectivity index (χ0n) is 21.5. The molecule has 2 heterocycles. The number of hydrogen-bond donors (Lipinski definition) is 3. The van der Waals surface area contributed by atoms with Crippen molar-refractivity contribution in [1.29, 1.82) is 5.41 Å². The number of benzene rings is 3. The van der Waals surface area contributed by atoms with E-state index >= 15 is 0 Å². The summed E-state index contributed by atoms with van der Waals surface area (Å²) in [5.74, 6) is 0.0707. The average molecular weight is 508 g/mol. The molecular weight excluding hydrogens is 478 g/mol. The van der Waals surface area contributed by atoms with Gasteiger partial charge in [0, 0.05) is 54.5 Å². The number of hydrogen-bond acceptors (Lipinski definition) is 5. The van der Waals surface area contributed by atoms with E-state index in [0.29, 0.717) is 36.0 Å². The Labute approximate surface area is 220 Å². The molecule has 0 aliphatic carbocycles. The molecule has 1 fully saturated rings.